The zero-order valence-corrected chi connectivity index (χ0v) is 9.31. The molecule has 3 nitrogen and oxygen atoms in total. The molecule has 0 radical (unpaired) electrons. The zero-order chi connectivity index (χ0) is 11.5. The third kappa shape index (κ3) is 1.95. The summed E-state index contributed by atoms with van der Waals surface area (Å²) in [6, 6.07) is 7.46. The second-order valence-corrected chi connectivity index (χ2v) is 3.70. The highest BCUT2D eigenvalue weighted by molar-refractivity contribution is 5.41. The second kappa shape index (κ2) is 4.41. The predicted molar refractivity (Wildman–Crippen MR) is 60.5 cm³/mol. The molecule has 84 valence electrons. The number of furan rings is 1. The van der Waals surface area contributed by atoms with Gasteiger partial charge < -0.3 is 14.3 Å². The molecule has 0 saturated carbocycles. The van der Waals surface area contributed by atoms with Crippen molar-refractivity contribution in [2.24, 2.45) is 0 Å². The summed E-state index contributed by atoms with van der Waals surface area (Å²) in [5.74, 6) is 0.680. The molecule has 0 aliphatic carbocycles. The van der Waals surface area contributed by atoms with Crippen molar-refractivity contribution in [2.75, 3.05) is 7.11 Å². The zero-order valence-electron chi connectivity index (χ0n) is 9.31. The molecule has 1 aromatic carbocycles. The first-order valence-corrected chi connectivity index (χ1v) is 5.07. The maximum Gasteiger partial charge on any atom is 0.125 e. The lowest BCUT2D eigenvalue weighted by molar-refractivity contribution is 0.213. The van der Waals surface area contributed by atoms with Crippen LogP contribution in [-0.4, -0.2) is 12.2 Å². The van der Waals surface area contributed by atoms with Gasteiger partial charge in [-0.05, 0) is 25.1 Å². The Hall–Kier alpha value is -1.74. The van der Waals surface area contributed by atoms with Crippen LogP contribution in [0.25, 0.3) is 0 Å². The minimum Gasteiger partial charge on any atom is -0.496 e. The molecular weight excluding hydrogens is 204 g/mol. The van der Waals surface area contributed by atoms with E-state index in [1.807, 2.05) is 25.1 Å². The number of aliphatic hydroxyl groups is 1. The van der Waals surface area contributed by atoms with Crippen LogP contribution in [0.15, 0.2) is 41.2 Å². The molecule has 0 fully saturated rings. The Morgan fingerprint density at radius 3 is 2.75 bits per heavy atom. The smallest absolute Gasteiger partial charge is 0.125 e. The fourth-order valence-corrected chi connectivity index (χ4v) is 1.68. The first-order valence-electron chi connectivity index (χ1n) is 5.07. The van der Waals surface area contributed by atoms with Gasteiger partial charge in [-0.15, -0.1) is 0 Å². The lowest BCUT2D eigenvalue weighted by atomic mass is 10.0. The summed E-state index contributed by atoms with van der Waals surface area (Å²) in [6.07, 6.45) is 2.36. The monoisotopic (exact) mass is 218 g/mol. The quantitative estimate of drug-likeness (QED) is 0.861. The number of hydrogen-bond acceptors (Lipinski definition) is 3. The molecule has 1 atom stereocenters. The van der Waals surface area contributed by atoms with Crippen molar-refractivity contribution in [2.45, 2.75) is 13.0 Å². The van der Waals surface area contributed by atoms with Gasteiger partial charge in [-0.3, -0.25) is 0 Å². The number of hydrogen-bond donors (Lipinski definition) is 1. The Labute approximate surface area is 94.3 Å². The van der Waals surface area contributed by atoms with E-state index in [9.17, 15) is 5.11 Å². The maximum atomic E-state index is 10.2. The number of aliphatic hydroxyl groups excluding tert-OH is 1. The van der Waals surface area contributed by atoms with Crippen LogP contribution < -0.4 is 4.74 Å². The Bertz CT molecular complexity index is 460. The molecular formula is C13H14O3. The van der Waals surface area contributed by atoms with Crippen molar-refractivity contribution in [1.82, 2.24) is 0 Å². The highest BCUT2D eigenvalue weighted by Gasteiger charge is 2.16. The summed E-state index contributed by atoms with van der Waals surface area (Å²) >= 11 is 0. The molecule has 1 heterocycles. The standard InChI is InChI=1S/C13H14O3/c1-9-3-4-12(15-2)11(7-9)13(14)10-5-6-16-8-10/h3-8,13-14H,1-2H3/t13-/m1/s1. The van der Waals surface area contributed by atoms with Gasteiger partial charge in [-0.1, -0.05) is 11.6 Å². The molecule has 0 aliphatic heterocycles. The molecule has 0 saturated heterocycles. The number of benzene rings is 1. The van der Waals surface area contributed by atoms with E-state index in [1.54, 1.807) is 19.4 Å². The van der Waals surface area contributed by atoms with Crippen molar-refractivity contribution in [3.8, 4) is 5.75 Å². The molecule has 0 unspecified atom stereocenters. The SMILES string of the molecule is COc1ccc(C)cc1[C@H](O)c1ccoc1. The van der Waals surface area contributed by atoms with E-state index in [0.29, 0.717) is 5.75 Å². The number of rotatable bonds is 3. The fraction of sp³-hybridized carbons (Fsp3) is 0.231. The highest BCUT2D eigenvalue weighted by Crippen LogP contribution is 2.30. The Kier molecular flexibility index (Phi) is 2.97. The molecule has 0 amide bonds. The van der Waals surface area contributed by atoms with E-state index >= 15 is 0 Å². The van der Waals surface area contributed by atoms with Crippen LogP contribution >= 0.6 is 0 Å². The lowest BCUT2D eigenvalue weighted by Crippen LogP contribution is -2.01. The van der Waals surface area contributed by atoms with E-state index in [1.165, 1.54) is 6.26 Å². The van der Waals surface area contributed by atoms with Crippen molar-refractivity contribution in [3.05, 3.63) is 53.5 Å². The number of ether oxygens (including phenoxy) is 1. The fourth-order valence-electron chi connectivity index (χ4n) is 1.68. The number of methoxy groups -OCH3 is 1. The van der Waals surface area contributed by atoms with Crippen molar-refractivity contribution < 1.29 is 14.3 Å². The third-order valence-corrected chi connectivity index (χ3v) is 2.54. The van der Waals surface area contributed by atoms with Crippen molar-refractivity contribution >= 4 is 0 Å². The van der Waals surface area contributed by atoms with E-state index < -0.39 is 6.10 Å². The Morgan fingerprint density at radius 2 is 2.12 bits per heavy atom. The van der Waals surface area contributed by atoms with Crippen LogP contribution in [0.5, 0.6) is 5.75 Å². The van der Waals surface area contributed by atoms with E-state index in [-0.39, 0.29) is 0 Å². The summed E-state index contributed by atoms with van der Waals surface area (Å²) in [7, 11) is 1.59. The van der Waals surface area contributed by atoms with Crippen LogP contribution in [0.2, 0.25) is 0 Å². The van der Waals surface area contributed by atoms with Gasteiger partial charge in [0, 0.05) is 11.1 Å². The largest absolute Gasteiger partial charge is 0.496 e. The summed E-state index contributed by atoms with van der Waals surface area (Å²) in [5, 5.41) is 10.2. The lowest BCUT2D eigenvalue weighted by Gasteiger charge is -2.14. The molecule has 0 spiro atoms. The van der Waals surface area contributed by atoms with Crippen LogP contribution in [0.4, 0.5) is 0 Å². The van der Waals surface area contributed by atoms with Gasteiger partial charge in [0.15, 0.2) is 0 Å². The molecule has 2 rings (SSSR count). The van der Waals surface area contributed by atoms with Gasteiger partial charge in [0.2, 0.25) is 0 Å². The molecule has 2 aromatic rings. The van der Waals surface area contributed by atoms with Crippen LogP contribution in [-0.2, 0) is 0 Å². The normalized spacial score (nSPS) is 12.4. The third-order valence-electron chi connectivity index (χ3n) is 2.54. The summed E-state index contributed by atoms with van der Waals surface area (Å²) in [5.41, 5.74) is 2.56. The highest BCUT2D eigenvalue weighted by atomic mass is 16.5. The predicted octanol–water partition coefficient (Wildman–Crippen LogP) is 2.68. The van der Waals surface area contributed by atoms with E-state index in [0.717, 1.165) is 16.7 Å². The van der Waals surface area contributed by atoms with Gasteiger partial charge in [0.1, 0.15) is 11.9 Å². The van der Waals surface area contributed by atoms with E-state index in [2.05, 4.69) is 0 Å². The van der Waals surface area contributed by atoms with Gasteiger partial charge >= 0.3 is 0 Å². The first-order chi connectivity index (χ1) is 7.72. The summed E-state index contributed by atoms with van der Waals surface area (Å²) in [6.45, 7) is 1.98. The minimum absolute atomic E-state index is 0.680. The molecule has 1 aromatic heterocycles. The van der Waals surface area contributed by atoms with Gasteiger partial charge in [-0.25, -0.2) is 0 Å². The van der Waals surface area contributed by atoms with E-state index in [4.69, 9.17) is 9.15 Å². The van der Waals surface area contributed by atoms with Crippen LogP contribution in [0.1, 0.15) is 22.8 Å². The maximum absolute atomic E-state index is 10.2. The summed E-state index contributed by atoms with van der Waals surface area (Å²) < 4.78 is 10.2. The second-order valence-electron chi connectivity index (χ2n) is 3.70. The van der Waals surface area contributed by atoms with Gasteiger partial charge in [0.05, 0.1) is 19.6 Å². The average Bonchev–Trinajstić information content (AvgIpc) is 2.81. The van der Waals surface area contributed by atoms with Crippen LogP contribution in [0, 0.1) is 6.92 Å². The molecule has 0 aliphatic rings. The molecule has 3 heteroatoms. The topological polar surface area (TPSA) is 42.6 Å². The van der Waals surface area contributed by atoms with Gasteiger partial charge in [0.25, 0.3) is 0 Å². The first kappa shape index (κ1) is 10.8. The average molecular weight is 218 g/mol. The van der Waals surface area contributed by atoms with Gasteiger partial charge in [-0.2, -0.15) is 0 Å². The number of aryl methyl sites for hydroxylation is 1. The van der Waals surface area contributed by atoms with Crippen LogP contribution in [0.3, 0.4) is 0 Å². The summed E-state index contributed by atoms with van der Waals surface area (Å²) in [4.78, 5) is 0. The Balaban J connectivity index is 2.42. The minimum atomic E-state index is -0.714. The molecule has 1 N–H and O–H groups in total. The van der Waals surface area contributed by atoms with Crippen molar-refractivity contribution in [3.63, 3.8) is 0 Å². The molecule has 16 heavy (non-hydrogen) atoms. The van der Waals surface area contributed by atoms with Crippen molar-refractivity contribution in [1.29, 1.82) is 0 Å². The Morgan fingerprint density at radius 1 is 1.31 bits per heavy atom. The molecule has 0 bridgehead atoms.